The molecule has 1 aromatic heterocycles. The van der Waals surface area contributed by atoms with E-state index in [1.165, 1.54) is 18.3 Å². The van der Waals surface area contributed by atoms with E-state index < -0.39 is 0 Å². The maximum Gasteiger partial charge on any atom is 0.279 e. The van der Waals surface area contributed by atoms with E-state index in [-0.39, 0.29) is 11.7 Å². The maximum absolute atomic E-state index is 12.4. The number of amides is 1. The first-order valence-electron chi connectivity index (χ1n) is 7.32. The van der Waals surface area contributed by atoms with Gasteiger partial charge in [-0.05, 0) is 31.2 Å². The van der Waals surface area contributed by atoms with Crippen LogP contribution in [0.5, 0.6) is 0 Å². The zero-order chi connectivity index (χ0) is 17.1. The van der Waals surface area contributed by atoms with Gasteiger partial charge in [0.05, 0.1) is 16.8 Å². The van der Waals surface area contributed by atoms with Crippen molar-refractivity contribution in [2.24, 2.45) is 4.99 Å². The molecule has 5 heteroatoms. The number of carbonyl (C=O) groups excluding carboxylic acids is 2. The van der Waals surface area contributed by atoms with Crippen molar-refractivity contribution in [2.75, 3.05) is 0 Å². The Morgan fingerprint density at radius 1 is 1.12 bits per heavy atom. The number of aromatic nitrogens is 1. The van der Waals surface area contributed by atoms with Gasteiger partial charge in [0.1, 0.15) is 0 Å². The molecular formula is C19H14N2O2S. The molecule has 1 amide bonds. The van der Waals surface area contributed by atoms with Crippen LogP contribution in [0.4, 0.5) is 0 Å². The summed E-state index contributed by atoms with van der Waals surface area (Å²) in [4.78, 5) is 28.5. The Bertz CT molecular complexity index is 1030. The maximum atomic E-state index is 12.4. The van der Waals surface area contributed by atoms with Gasteiger partial charge < -0.3 is 4.57 Å². The fourth-order valence-corrected chi connectivity index (χ4v) is 3.38. The molecule has 0 atom stereocenters. The van der Waals surface area contributed by atoms with Crippen molar-refractivity contribution in [1.29, 1.82) is 0 Å². The van der Waals surface area contributed by atoms with Crippen LogP contribution < -0.4 is 4.80 Å². The van der Waals surface area contributed by atoms with Crippen molar-refractivity contribution < 1.29 is 9.59 Å². The van der Waals surface area contributed by atoms with Gasteiger partial charge >= 0.3 is 0 Å². The molecule has 0 unspecified atom stereocenters. The molecule has 2 aromatic carbocycles. The summed E-state index contributed by atoms with van der Waals surface area (Å²) in [6.07, 6.45) is 5.44. The van der Waals surface area contributed by atoms with Gasteiger partial charge in [-0.15, -0.1) is 6.42 Å². The van der Waals surface area contributed by atoms with E-state index in [0.29, 0.717) is 22.5 Å². The molecule has 0 aliphatic heterocycles. The standard InChI is InChI=1S/C19H14N2O2S/c1-3-12-21-16-6-4-5-7-17(16)24-19(21)20-18(23)15-10-8-14(9-11-15)13(2)22/h1,4-11H,12H2,2H3. The van der Waals surface area contributed by atoms with Gasteiger partial charge in [-0.3, -0.25) is 9.59 Å². The quantitative estimate of drug-likeness (QED) is 0.545. The highest BCUT2D eigenvalue weighted by Crippen LogP contribution is 2.16. The minimum absolute atomic E-state index is 0.0395. The summed E-state index contributed by atoms with van der Waals surface area (Å²) in [5.41, 5.74) is 1.96. The zero-order valence-electron chi connectivity index (χ0n) is 13.0. The summed E-state index contributed by atoms with van der Waals surface area (Å²) >= 11 is 1.42. The van der Waals surface area contributed by atoms with Crippen molar-refractivity contribution in [3.8, 4) is 12.3 Å². The van der Waals surface area contributed by atoms with Crippen LogP contribution in [0.2, 0.25) is 0 Å². The second kappa shape index (κ2) is 6.65. The molecule has 3 aromatic rings. The van der Waals surface area contributed by atoms with Gasteiger partial charge in [-0.1, -0.05) is 41.5 Å². The smallest absolute Gasteiger partial charge is 0.279 e. The molecule has 0 fully saturated rings. The number of thiazole rings is 1. The summed E-state index contributed by atoms with van der Waals surface area (Å²) in [5, 5.41) is 0. The normalized spacial score (nSPS) is 11.4. The minimum Gasteiger partial charge on any atom is -0.305 e. The highest BCUT2D eigenvalue weighted by molar-refractivity contribution is 7.16. The first-order chi connectivity index (χ1) is 11.6. The second-order valence-corrected chi connectivity index (χ2v) is 6.20. The Balaban J connectivity index is 2.06. The van der Waals surface area contributed by atoms with Crippen molar-refractivity contribution in [3.05, 3.63) is 64.5 Å². The van der Waals surface area contributed by atoms with Gasteiger partial charge in [0, 0.05) is 11.1 Å². The third kappa shape index (κ3) is 3.05. The summed E-state index contributed by atoms with van der Waals surface area (Å²) in [5.74, 6) is 2.20. The number of nitrogens with zero attached hydrogens (tertiary/aromatic N) is 2. The molecule has 24 heavy (non-hydrogen) atoms. The van der Waals surface area contributed by atoms with E-state index in [1.54, 1.807) is 24.3 Å². The topological polar surface area (TPSA) is 51.4 Å². The molecule has 0 N–H and O–H groups in total. The van der Waals surface area contributed by atoms with E-state index in [2.05, 4.69) is 10.9 Å². The Labute approximate surface area is 143 Å². The van der Waals surface area contributed by atoms with Crippen LogP contribution in [0.1, 0.15) is 27.6 Å². The molecule has 4 nitrogen and oxygen atoms in total. The van der Waals surface area contributed by atoms with Crippen LogP contribution in [0.25, 0.3) is 10.2 Å². The third-order valence-electron chi connectivity index (χ3n) is 3.57. The van der Waals surface area contributed by atoms with Crippen LogP contribution in [-0.2, 0) is 6.54 Å². The van der Waals surface area contributed by atoms with Crippen molar-refractivity contribution in [1.82, 2.24) is 4.57 Å². The Morgan fingerprint density at radius 2 is 1.79 bits per heavy atom. The third-order valence-corrected chi connectivity index (χ3v) is 4.63. The molecule has 0 saturated carbocycles. The van der Waals surface area contributed by atoms with Gasteiger partial charge in [0.15, 0.2) is 10.6 Å². The van der Waals surface area contributed by atoms with E-state index in [0.717, 1.165) is 10.2 Å². The fraction of sp³-hybridized carbons (Fsp3) is 0.105. The fourth-order valence-electron chi connectivity index (χ4n) is 2.35. The van der Waals surface area contributed by atoms with E-state index >= 15 is 0 Å². The summed E-state index contributed by atoms with van der Waals surface area (Å²) < 4.78 is 2.87. The lowest BCUT2D eigenvalue weighted by Gasteiger charge is -2.00. The molecule has 118 valence electrons. The zero-order valence-corrected chi connectivity index (χ0v) is 13.8. The van der Waals surface area contributed by atoms with E-state index in [1.807, 2.05) is 28.8 Å². The monoisotopic (exact) mass is 334 g/mol. The average molecular weight is 334 g/mol. The van der Waals surface area contributed by atoms with Gasteiger partial charge in [0.25, 0.3) is 5.91 Å². The number of terminal acetylenes is 1. The number of benzene rings is 2. The second-order valence-electron chi connectivity index (χ2n) is 5.19. The molecule has 0 aliphatic carbocycles. The molecule has 0 radical (unpaired) electrons. The van der Waals surface area contributed by atoms with Crippen LogP contribution in [0.15, 0.2) is 53.5 Å². The number of hydrogen-bond acceptors (Lipinski definition) is 3. The number of carbonyl (C=O) groups is 2. The Hall–Kier alpha value is -2.97. The Kier molecular flexibility index (Phi) is 4.41. The lowest BCUT2D eigenvalue weighted by molar-refractivity contribution is 0.0991. The number of Topliss-reactive ketones (excluding diaryl/α,β-unsaturated/α-hetero) is 1. The van der Waals surface area contributed by atoms with Crippen LogP contribution >= 0.6 is 11.3 Å². The Morgan fingerprint density at radius 3 is 2.46 bits per heavy atom. The number of hydrogen-bond donors (Lipinski definition) is 0. The number of ketones is 1. The number of rotatable bonds is 3. The SMILES string of the molecule is C#CCn1c(=NC(=O)c2ccc(C(C)=O)cc2)sc2ccccc21. The number of fused-ring (bicyclic) bond motifs is 1. The molecule has 3 rings (SSSR count). The van der Waals surface area contributed by atoms with E-state index in [4.69, 9.17) is 6.42 Å². The van der Waals surface area contributed by atoms with Crippen LogP contribution in [-0.4, -0.2) is 16.3 Å². The predicted molar refractivity (Wildman–Crippen MR) is 95.0 cm³/mol. The minimum atomic E-state index is -0.359. The summed E-state index contributed by atoms with van der Waals surface area (Å²) in [6, 6.07) is 14.3. The summed E-state index contributed by atoms with van der Waals surface area (Å²) in [6.45, 7) is 1.83. The molecule has 1 heterocycles. The molecular weight excluding hydrogens is 320 g/mol. The lowest BCUT2D eigenvalue weighted by atomic mass is 10.1. The molecule has 0 bridgehead atoms. The predicted octanol–water partition coefficient (Wildman–Crippen LogP) is 3.28. The van der Waals surface area contributed by atoms with Gasteiger partial charge in [-0.25, -0.2) is 0 Å². The first-order valence-corrected chi connectivity index (χ1v) is 8.13. The molecule has 0 saturated heterocycles. The van der Waals surface area contributed by atoms with Crippen molar-refractivity contribution in [2.45, 2.75) is 13.5 Å². The number of para-hydroxylation sites is 1. The van der Waals surface area contributed by atoms with Gasteiger partial charge in [-0.2, -0.15) is 4.99 Å². The van der Waals surface area contributed by atoms with Crippen LogP contribution in [0, 0.1) is 12.3 Å². The lowest BCUT2D eigenvalue weighted by Crippen LogP contribution is -2.16. The molecule has 0 spiro atoms. The highest BCUT2D eigenvalue weighted by atomic mass is 32.1. The average Bonchev–Trinajstić information content (AvgIpc) is 2.93. The summed E-state index contributed by atoms with van der Waals surface area (Å²) in [7, 11) is 0. The first kappa shape index (κ1) is 15.9. The van der Waals surface area contributed by atoms with E-state index in [9.17, 15) is 9.59 Å². The molecule has 0 aliphatic rings. The highest BCUT2D eigenvalue weighted by Gasteiger charge is 2.09. The largest absolute Gasteiger partial charge is 0.305 e. The van der Waals surface area contributed by atoms with Gasteiger partial charge in [0.2, 0.25) is 0 Å². The van der Waals surface area contributed by atoms with Crippen molar-refractivity contribution >= 4 is 33.2 Å². The van der Waals surface area contributed by atoms with Crippen molar-refractivity contribution in [3.63, 3.8) is 0 Å². The van der Waals surface area contributed by atoms with Crippen LogP contribution in [0.3, 0.4) is 0 Å².